The summed E-state index contributed by atoms with van der Waals surface area (Å²) in [5.41, 5.74) is 5.04. The van der Waals surface area contributed by atoms with Crippen molar-refractivity contribution in [3.8, 4) is 11.6 Å². The van der Waals surface area contributed by atoms with Gasteiger partial charge in [-0.05, 0) is 43.2 Å². The number of hydrogen-bond donors (Lipinski definition) is 2. The van der Waals surface area contributed by atoms with Crippen LogP contribution < -0.4 is 15.6 Å². The van der Waals surface area contributed by atoms with Gasteiger partial charge in [0, 0.05) is 16.6 Å². The quantitative estimate of drug-likeness (QED) is 0.805. The van der Waals surface area contributed by atoms with Gasteiger partial charge in [0.15, 0.2) is 0 Å². The molecule has 2 aromatic rings. The maximum Gasteiger partial charge on any atom is 0.275 e. The average Bonchev–Trinajstić information content (AvgIpc) is 3.38. The van der Waals surface area contributed by atoms with E-state index in [1.54, 1.807) is 24.3 Å². The normalized spacial score (nSPS) is 13.3. The molecular formula is C16H14BrN3O3. The van der Waals surface area contributed by atoms with Gasteiger partial charge in [-0.3, -0.25) is 20.4 Å². The first-order valence-corrected chi connectivity index (χ1v) is 7.91. The first-order valence-electron chi connectivity index (χ1n) is 7.12. The summed E-state index contributed by atoms with van der Waals surface area (Å²) >= 11 is 3.36. The predicted molar refractivity (Wildman–Crippen MR) is 86.8 cm³/mol. The molecule has 2 N–H and O–H groups in total. The van der Waals surface area contributed by atoms with Gasteiger partial charge in [0.05, 0.1) is 0 Å². The number of aromatic nitrogens is 1. The molecule has 3 rings (SSSR count). The lowest BCUT2D eigenvalue weighted by molar-refractivity contribution is -0.123. The van der Waals surface area contributed by atoms with Crippen LogP contribution in [0, 0.1) is 5.92 Å². The van der Waals surface area contributed by atoms with E-state index in [0.717, 1.165) is 17.3 Å². The van der Waals surface area contributed by atoms with Crippen molar-refractivity contribution >= 4 is 27.7 Å². The highest BCUT2D eigenvalue weighted by molar-refractivity contribution is 9.10. The molecule has 1 aromatic heterocycles. The summed E-state index contributed by atoms with van der Waals surface area (Å²) in [6.07, 6.45) is 3.27. The maximum atomic E-state index is 12.2. The molecule has 0 unspecified atom stereocenters. The number of pyridine rings is 1. The lowest BCUT2D eigenvalue weighted by atomic mass is 10.2. The van der Waals surface area contributed by atoms with Gasteiger partial charge in [0.1, 0.15) is 11.3 Å². The van der Waals surface area contributed by atoms with Crippen LogP contribution in [-0.4, -0.2) is 16.8 Å². The Morgan fingerprint density at radius 3 is 2.74 bits per heavy atom. The second kappa shape index (κ2) is 6.78. The fraction of sp³-hybridized carbons (Fsp3) is 0.188. The van der Waals surface area contributed by atoms with E-state index in [9.17, 15) is 9.59 Å². The molecule has 1 aromatic carbocycles. The zero-order valence-electron chi connectivity index (χ0n) is 12.1. The van der Waals surface area contributed by atoms with E-state index in [4.69, 9.17) is 4.74 Å². The van der Waals surface area contributed by atoms with Crippen molar-refractivity contribution in [2.24, 2.45) is 5.92 Å². The molecule has 0 radical (unpaired) electrons. The number of benzene rings is 1. The molecule has 0 saturated heterocycles. The van der Waals surface area contributed by atoms with Crippen LogP contribution in [0.2, 0.25) is 0 Å². The molecule has 23 heavy (non-hydrogen) atoms. The predicted octanol–water partition coefficient (Wildman–Crippen LogP) is 2.81. The minimum atomic E-state index is -0.475. The summed E-state index contributed by atoms with van der Waals surface area (Å²) in [6.45, 7) is 0. The van der Waals surface area contributed by atoms with Gasteiger partial charge in [-0.2, -0.15) is 0 Å². The Morgan fingerprint density at radius 1 is 1.17 bits per heavy atom. The number of ether oxygens (including phenoxy) is 1. The lowest BCUT2D eigenvalue weighted by Crippen LogP contribution is -2.42. The standard InChI is InChI=1S/C16H14BrN3O3/c17-11-3-1-4-12(9-11)23-16-13(5-2-8-18-16)15(22)20-19-14(21)10-6-7-10/h1-5,8-10H,6-7H2,(H,19,21)(H,20,22). The van der Waals surface area contributed by atoms with E-state index in [1.807, 2.05) is 12.1 Å². The van der Waals surface area contributed by atoms with Crippen molar-refractivity contribution < 1.29 is 14.3 Å². The summed E-state index contributed by atoms with van der Waals surface area (Å²) in [5, 5.41) is 0. The van der Waals surface area contributed by atoms with E-state index in [1.165, 1.54) is 6.20 Å². The Balaban J connectivity index is 1.71. The Kier molecular flexibility index (Phi) is 4.57. The monoisotopic (exact) mass is 375 g/mol. The van der Waals surface area contributed by atoms with Crippen LogP contribution in [0.15, 0.2) is 47.1 Å². The van der Waals surface area contributed by atoms with Crippen molar-refractivity contribution in [1.29, 1.82) is 0 Å². The molecule has 1 saturated carbocycles. The van der Waals surface area contributed by atoms with Crippen LogP contribution in [0.4, 0.5) is 0 Å². The number of rotatable bonds is 4. The van der Waals surface area contributed by atoms with Crippen LogP contribution in [0.3, 0.4) is 0 Å². The molecule has 0 aliphatic heterocycles. The second-order valence-corrected chi connectivity index (χ2v) is 6.05. The largest absolute Gasteiger partial charge is 0.438 e. The third-order valence-electron chi connectivity index (χ3n) is 3.27. The smallest absolute Gasteiger partial charge is 0.275 e. The molecule has 0 atom stereocenters. The summed E-state index contributed by atoms with van der Waals surface area (Å²) in [5.74, 6) is 0.0910. The highest BCUT2D eigenvalue weighted by Crippen LogP contribution is 2.28. The van der Waals surface area contributed by atoms with Gasteiger partial charge in [0.2, 0.25) is 11.8 Å². The van der Waals surface area contributed by atoms with Crippen LogP contribution in [-0.2, 0) is 4.79 Å². The first kappa shape index (κ1) is 15.5. The molecule has 118 valence electrons. The van der Waals surface area contributed by atoms with Gasteiger partial charge in [-0.1, -0.05) is 22.0 Å². The summed E-state index contributed by atoms with van der Waals surface area (Å²) in [7, 11) is 0. The second-order valence-electron chi connectivity index (χ2n) is 5.13. The number of halogens is 1. The highest BCUT2D eigenvalue weighted by Gasteiger charge is 2.30. The van der Waals surface area contributed by atoms with E-state index >= 15 is 0 Å². The molecule has 0 bridgehead atoms. The lowest BCUT2D eigenvalue weighted by Gasteiger charge is -2.11. The van der Waals surface area contributed by atoms with Crippen molar-refractivity contribution in [2.45, 2.75) is 12.8 Å². The summed E-state index contributed by atoms with van der Waals surface area (Å²) < 4.78 is 6.52. The minimum absolute atomic E-state index is 0.0154. The summed E-state index contributed by atoms with van der Waals surface area (Å²) in [6, 6.07) is 10.4. The maximum absolute atomic E-state index is 12.2. The number of hydrazine groups is 1. The average molecular weight is 376 g/mol. The van der Waals surface area contributed by atoms with Gasteiger partial charge >= 0.3 is 0 Å². The van der Waals surface area contributed by atoms with Crippen molar-refractivity contribution in [3.63, 3.8) is 0 Å². The Hall–Kier alpha value is -2.41. The van der Waals surface area contributed by atoms with E-state index in [0.29, 0.717) is 5.75 Å². The summed E-state index contributed by atoms with van der Waals surface area (Å²) in [4.78, 5) is 27.9. The Bertz CT molecular complexity index is 747. The molecule has 1 heterocycles. The SMILES string of the molecule is O=C(NNC(=O)C1CC1)c1cccnc1Oc1cccc(Br)c1. The highest BCUT2D eigenvalue weighted by atomic mass is 79.9. The Labute approximate surface area is 141 Å². The molecule has 1 aliphatic rings. The molecule has 2 amide bonds. The number of amides is 2. The topological polar surface area (TPSA) is 80.3 Å². The van der Waals surface area contributed by atoms with Crippen LogP contribution >= 0.6 is 15.9 Å². The molecule has 1 aliphatic carbocycles. The Morgan fingerprint density at radius 2 is 2.00 bits per heavy atom. The van der Waals surface area contributed by atoms with E-state index in [-0.39, 0.29) is 23.3 Å². The van der Waals surface area contributed by atoms with Gasteiger partial charge in [0.25, 0.3) is 5.91 Å². The van der Waals surface area contributed by atoms with E-state index < -0.39 is 5.91 Å². The van der Waals surface area contributed by atoms with Gasteiger partial charge < -0.3 is 4.74 Å². The number of carbonyl (C=O) groups is 2. The fourth-order valence-corrected chi connectivity index (χ4v) is 2.30. The van der Waals surface area contributed by atoms with Gasteiger partial charge in [-0.15, -0.1) is 0 Å². The first-order chi connectivity index (χ1) is 11.1. The van der Waals surface area contributed by atoms with Crippen LogP contribution in [0.5, 0.6) is 11.6 Å². The third-order valence-corrected chi connectivity index (χ3v) is 3.77. The van der Waals surface area contributed by atoms with Crippen molar-refractivity contribution in [2.75, 3.05) is 0 Å². The van der Waals surface area contributed by atoms with Crippen molar-refractivity contribution in [1.82, 2.24) is 15.8 Å². The minimum Gasteiger partial charge on any atom is -0.438 e. The zero-order valence-corrected chi connectivity index (χ0v) is 13.7. The fourth-order valence-electron chi connectivity index (χ4n) is 1.92. The van der Waals surface area contributed by atoms with Crippen LogP contribution in [0.25, 0.3) is 0 Å². The van der Waals surface area contributed by atoms with E-state index in [2.05, 4.69) is 31.8 Å². The molecule has 0 spiro atoms. The number of carbonyl (C=O) groups excluding carboxylic acids is 2. The number of nitrogens with zero attached hydrogens (tertiary/aromatic N) is 1. The molecule has 7 heteroatoms. The van der Waals surface area contributed by atoms with Crippen molar-refractivity contribution in [3.05, 3.63) is 52.6 Å². The molecule has 6 nitrogen and oxygen atoms in total. The van der Waals surface area contributed by atoms with Gasteiger partial charge in [-0.25, -0.2) is 4.98 Å². The zero-order chi connectivity index (χ0) is 16.2. The number of hydrogen-bond acceptors (Lipinski definition) is 4. The number of nitrogens with one attached hydrogen (secondary N) is 2. The molecular weight excluding hydrogens is 362 g/mol. The van der Waals surface area contributed by atoms with Crippen LogP contribution in [0.1, 0.15) is 23.2 Å². The third kappa shape index (κ3) is 4.07. The molecule has 1 fully saturated rings.